The van der Waals surface area contributed by atoms with Gasteiger partial charge in [-0.15, -0.1) is 0 Å². The maximum absolute atomic E-state index is 13.6. The summed E-state index contributed by atoms with van der Waals surface area (Å²) in [4.78, 5) is 24.1. The molecule has 1 aliphatic carbocycles. The van der Waals surface area contributed by atoms with Crippen LogP contribution in [0.5, 0.6) is 0 Å². The second-order valence-electron chi connectivity index (χ2n) is 8.02. The molecule has 0 amide bonds. The van der Waals surface area contributed by atoms with Crippen LogP contribution in [0.3, 0.4) is 0 Å². The van der Waals surface area contributed by atoms with Crippen LogP contribution in [0, 0.1) is 17.0 Å². The van der Waals surface area contributed by atoms with E-state index in [9.17, 15) is 23.5 Å². The van der Waals surface area contributed by atoms with E-state index in [1.807, 2.05) is 0 Å². The van der Waals surface area contributed by atoms with Crippen LogP contribution >= 0.6 is 0 Å². The van der Waals surface area contributed by atoms with Crippen LogP contribution in [-0.4, -0.2) is 29.6 Å². The van der Waals surface area contributed by atoms with Gasteiger partial charge in [-0.2, -0.15) is 0 Å². The molecule has 0 heterocycles. The summed E-state index contributed by atoms with van der Waals surface area (Å²) in [6, 6.07) is 3.50. The van der Waals surface area contributed by atoms with E-state index >= 15 is 0 Å². The Morgan fingerprint density at radius 3 is 2.52 bits per heavy atom. The van der Waals surface area contributed by atoms with E-state index in [1.54, 1.807) is 39.8 Å². The molecule has 0 bridgehead atoms. The molecule has 0 saturated heterocycles. The van der Waals surface area contributed by atoms with Crippen LogP contribution < -0.4 is 0 Å². The average molecular weight is 404 g/mol. The Morgan fingerprint density at radius 1 is 1.28 bits per heavy atom. The highest BCUT2D eigenvalue weighted by molar-refractivity contribution is 5.98. The predicted octanol–water partition coefficient (Wildman–Crippen LogP) is 4.23. The minimum Gasteiger partial charge on any atom is -0.466 e. The molecular weight excluding hydrogens is 378 g/mol. The Morgan fingerprint density at radius 2 is 1.93 bits per heavy atom. The molecule has 4 nitrogen and oxygen atoms in total. The zero-order chi connectivity index (χ0) is 22.0. The third kappa shape index (κ3) is 4.70. The molecule has 0 fully saturated rings. The summed E-state index contributed by atoms with van der Waals surface area (Å²) in [5.74, 6) is -2.59. The van der Waals surface area contributed by atoms with E-state index in [1.165, 1.54) is 19.3 Å². The molecule has 1 atom stereocenters. The fourth-order valence-corrected chi connectivity index (χ4v) is 3.57. The molecule has 1 N–H and O–H groups in total. The molecule has 6 heteroatoms. The number of benzene rings is 1. The maximum atomic E-state index is 13.6. The first-order valence-electron chi connectivity index (χ1n) is 9.26. The van der Waals surface area contributed by atoms with Crippen LogP contribution in [0.4, 0.5) is 8.78 Å². The summed E-state index contributed by atoms with van der Waals surface area (Å²) in [5, 5.41) is 11.5. The number of aliphatic hydroxyl groups is 1. The van der Waals surface area contributed by atoms with Crippen molar-refractivity contribution in [3.63, 3.8) is 0 Å². The second kappa shape index (κ2) is 8.41. The number of carbonyl (C=O) groups excluding carboxylic acids is 2. The van der Waals surface area contributed by atoms with Crippen molar-refractivity contribution in [2.45, 2.75) is 46.1 Å². The summed E-state index contributed by atoms with van der Waals surface area (Å²) in [7, 11) is 1.27. The first kappa shape index (κ1) is 22.7. The molecule has 0 radical (unpaired) electrons. The average Bonchev–Trinajstić information content (AvgIpc) is 2.64. The van der Waals surface area contributed by atoms with E-state index < -0.39 is 28.6 Å². The van der Waals surface area contributed by atoms with Crippen LogP contribution in [-0.2, 0) is 20.7 Å². The molecule has 0 spiro atoms. The number of rotatable bonds is 5. The molecule has 1 aromatic carbocycles. The Bertz CT molecular complexity index is 925. The smallest absolute Gasteiger partial charge is 0.330 e. The van der Waals surface area contributed by atoms with Gasteiger partial charge in [-0.05, 0) is 48.8 Å². The molecule has 0 unspecified atom stereocenters. The summed E-state index contributed by atoms with van der Waals surface area (Å²) in [6.45, 7) is 6.93. The van der Waals surface area contributed by atoms with Crippen molar-refractivity contribution in [2.24, 2.45) is 5.41 Å². The molecule has 156 valence electrons. The summed E-state index contributed by atoms with van der Waals surface area (Å²) in [5.41, 5.74) is -0.414. The lowest BCUT2D eigenvalue weighted by Crippen LogP contribution is -2.49. The molecule has 2 rings (SSSR count). The number of ketones is 1. The van der Waals surface area contributed by atoms with Gasteiger partial charge in [0.15, 0.2) is 17.4 Å². The van der Waals surface area contributed by atoms with Gasteiger partial charge in [0.1, 0.15) is 5.60 Å². The van der Waals surface area contributed by atoms with Crippen molar-refractivity contribution in [3.05, 3.63) is 70.3 Å². The maximum Gasteiger partial charge on any atom is 0.330 e. The third-order valence-electron chi connectivity index (χ3n) is 5.49. The zero-order valence-corrected chi connectivity index (χ0v) is 17.3. The first-order chi connectivity index (χ1) is 13.4. The molecule has 0 aromatic heterocycles. The van der Waals surface area contributed by atoms with Gasteiger partial charge in [0.2, 0.25) is 0 Å². The molecular formula is C23H26F2O4. The fraction of sp³-hybridized carbons (Fsp3) is 0.391. The zero-order valence-electron chi connectivity index (χ0n) is 17.3. The van der Waals surface area contributed by atoms with Gasteiger partial charge in [0.25, 0.3) is 0 Å². The molecule has 0 saturated carbocycles. The largest absolute Gasteiger partial charge is 0.466 e. The van der Waals surface area contributed by atoms with Gasteiger partial charge in [-0.25, -0.2) is 13.6 Å². The van der Waals surface area contributed by atoms with Gasteiger partial charge >= 0.3 is 5.97 Å². The lowest BCUT2D eigenvalue weighted by molar-refractivity contribution is -0.134. The number of carbonyl (C=O) groups is 2. The predicted molar refractivity (Wildman–Crippen MR) is 106 cm³/mol. The standard InChI is InChI=1S/C23H26F2O4/c1-14(10-21(27)29-5)8-9-23(28)15(2)17(20(26)13-22(23,3)4)11-16-6-7-18(24)19(25)12-16/h6-10,12,28H,11,13H2,1-5H3/b9-8+,14-10-/t23-/m1/s1. The van der Waals surface area contributed by atoms with Gasteiger partial charge in [-0.3, -0.25) is 4.79 Å². The number of Topliss-reactive ketones (excluding diaryl/α,β-unsaturated/α-hetero) is 1. The Hall–Kier alpha value is -2.60. The van der Waals surface area contributed by atoms with Gasteiger partial charge in [0, 0.05) is 29.9 Å². The monoisotopic (exact) mass is 404 g/mol. The van der Waals surface area contributed by atoms with Crippen molar-refractivity contribution >= 4 is 11.8 Å². The minimum absolute atomic E-state index is 0.0873. The Balaban J connectivity index is 2.48. The van der Waals surface area contributed by atoms with Crippen molar-refractivity contribution in [2.75, 3.05) is 7.11 Å². The Labute approximate surface area is 169 Å². The molecule has 0 aliphatic heterocycles. The molecule has 1 aromatic rings. The van der Waals surface area contributed by atoms with E-state index in [2.05, 4.69) is 4.74 Å². The topological polar surface area (TPSA) is 63.6 Å². The summed E-state index contributed by atoms with van der Waals surface area (Å²) < 4.78 is 31.4. The normalized spacial score (nSPS) is 22.3. The second-order valence-corrected chi connectivity index (χ2v) is 8.02. The summed E-state index contributed by atoms with van der Waals surface area (Å²) >= 11 is 0. The van der Waals surface area contributed by atoms with E-state index in [-0.39, 0.29) is 18.6 Å². The summed E-state index contributed by atoms with van der Waals surface area (Å²) in [6.07, 6.45) is 4.64. The highest BCUT2D eigenvalue weighted by Crippen LogP contribution is 2.47. The SMILES string of the molecule is COC(=O)/C=C(C)\C=C\[C@@]1(O)C(C)=C(Cc2ccc(F)c(F)c2)C(=O)CC1(C)C. The number of allylic oxidation sites excluding steroid dienone is 3. The van der Waals surface area contributed by atoms with Crippen LogP contribution in [0.1, 0.15) is 39.7 Å². The van der Waals surface area contributed by atoms with Crippen molar-refractivity contribution in [1.29, 1.82) is 0 Å². The quantitative estimate of drug-likeness (QED) is 0.453. The number of methoxy groups -OCH3 is 1. The van der Waals surface area contributed by atoms with E-state index in [0.717, 1.165) is 12.1 Å². The number of hydrogen-bond acceptors (Lipinski definition) is 4. The van der Waals surface area contributed by atoms with Crippen LogP contribution in [0.25, 0.3) is 0 Å². The van der Waals surface area contributed by atoms with Gasteiger partial charge < -0.3 is 9.84 Å². The van der Waals surface area contributed by atoms with Crippen LogP contribution in [0.2, 0.25) is 0 Å². The van der Waals surface area contributed by atoms with Crippen molar-refractivity contribution in [1.82, 2.24) is 0 Å². The van der Waals surface area contributed by atoms with E-state index in [4.69, 9.17) is 0 Å². The van der Waals surface area contributed by atoms with Crippen molar-refractivity contribution < 1.29 is 28.2 Å². The van der Waals surface area contributed by atoms with E-state index in [0.29, 0.717) is 22.3 Å². The van der Waals surface area contributed by atoms with Gasteiger partial charge in [0.05, 0.1) is 7.11 Å². The third-order valence-corrected chi connectivity index (χ3v) is 5.49. The lowest BCUT2D eigenvalue weighted by atomic mass is 9.62. The lowest BCUT2D eigenvalue weighted by Gasteiger charge is -2.46. The highest BCUT2D eigenvalue weighted by Gasteiger charge is 2.49. The Kier molecular flexibility index (Phi) is 6.58. The van der Waals surface area contributed by atoms with Crippen LogP contribution in [0.15, 0.2) is 53.1 Å². The molecule has 1 aliphatic rings. The van der Waals surface area contributed by atoms with Gasteiger partial charge in [-0.1, -0.05) is 26.0 Å². The minimum atomic E-state index is -1.46. The molecule has 29 heavy (non-hydrogen) atoms. The number of halogens is 2. The fourth-order valence-electron chi connectivity index (χ4n) is 3.57. The number of hydrogen-bond donors (Lipinski definition) is 1. The first-order valence-corrected chi connectivity index (χ1v) is 9.26. The number of ether oxygens (including phenoxy) is 1. The number of esters is 1. The van der Waals surface area contributed by atoms with Crippen molar-refractivity contribution in [3.8, 4) is 0 Å². The highest BCUT2D eigenvalue weighted by atomic mass is 19.2.